The fourth-order valence-electron chi connectivity index (χ4n) is 4.56. The highest BCUT2D eigenvalue weighted by Crippen LogP contribution is 2.49. The smallest absolute Gasteiger partial charge is 0.228 e. The van der Waals surface area contributed by atoms with Crippen LogP contribution in [0.5, 0.6) is 0 Å². The number of aliphatic hydroxyl groups excluding tert-OH is 2. The Balaban J connectivity index is 1.88. The minimum absolute atomic E-state index is 0.0625. The lowest BCUT2D eigenvalue weighted by atomic mass is 9.61. The van der Waals surface area contributed by atoms with Gasteiger partial charge in [0.2, 0.25) is 5.91 Å². The van der Waals surface area contributed by atoms with E-state index in [0.717, 1.165) is 5.57 Å². The Kier molecular flexibility index (Phi) is 4.85. The van der Waals surface area contributed by atoms with E-state index >= 15 is 0 Å². The molecule has 3 aliphatic rings. The van der Waals surface area contributed by atoms with Gasteiger partial charge in [0.1, 0.15) is 11.5 Å². The van der Waals surface area contributed by atoms with E-state index in [1.807, 2.05) is 0 Å². The molecule has 3 aliphatic carbocycles. The summed E-state index contributed by atoms with van der Waals surface area (Å²) in [4.78, 5) is 36.7. The molecule has 0 heterocycles. The Morgan fingerprint density at radius 3 is 2.65 bits per heavy atom. The van der Waals surface area contributed by atoms with Crippen molar-refractivity contribution in [3.8, 4) is 0 Å². The highest BCUT2D eigenvalue weighted by molar-refractivity contribution is 6.05. The van der Waals surface area contributed by atoms with Crippen LogP contribution >= 0.6 is 0 Å². The number of fused-ring (bicyclic) bond motifs is 2. The van der Waals surface area contributed by atoms with Gasteiger partial charge in [0, 0.05) is 12.0 Å². The molecule has 3 rings (SSSR count). The van der Waals surface area contributed by atoms with Gasteiger partial charge in [-0.25, -0.2) is 0 Å². The van der Waals surface area contributed by atoms with Crippen LogP contribution in [0.1, 0.15) is 32.1 Å². The third kappa shape index (κ3) is 3.23. The summed E-state index contributed by atoms with van der Waals surface area (Å²) in [5.74, 6) is -3.24. The summed E-state index contributed by atoms with van der Waals surface area (Å²) in [6.45, 7) is 3.37. The molecule has 4 atom stereocenters. The molecule has 0 bridgehead atoms. The molecular weight excluding hydrogens is 334 g/mol. The Morgan fingerprint density at radius 2 is 2.00 bits per heavy atom. The Bertz CT molecular complexity index is 773. The summed E-state index contributed by atoms with van der Waals surface area (Å²) in [6.07, 6.45) is 7.36. The standard InChI is InChI=1S/C20H23NO5/c1-10(22)3-2-4-11-7-13-9-12-5-6-14(20(21)26)18(24)17(12)19(25)16(13)15(23)8-11/h2-4,12-14,17,22,25H,1,5-9H2,(H2,21,26)/b3-2-,11-4-. The van der Waals surface area contributed by atoms with Gasteiger partial charge < -0.3 is 15.9 Å². The second kappa shape index (κ2) is 6.94. The number of amides is 1. The fourth-order valence-corrected chi connectivity index (χ4v) is 4.56. The van der Waals surface area contributed by atoms with Crippen molar-refractivity contribution in [1.82, 2.24) is 0 Å². The Morgan fingerprint density at radius 1 is 1.27 bits per heavy atom. The SMILES string of the molecule is C=C(O)/C=C\C=C1/CC(=O)C2=C(O)C3C(=O)C(C(N)=O)CCC3CC2C1. The average molecular weight is 357 g/mol. The predicted octanol–water partition coefficient (Wildman–Crippen LogP) is 2.43. The third-order valence-corrected chi connectivity index (χ3v) is 5.67. The maximum atomic E-state index is 12.6. The van der Waals surface area contributed by atoms with Crippen molar-refractivity contribution in [3.63, 3.8) is 0 Å². The molecule has 4 N–H and O–H groups in total. The van der Waals surface area contributed by atoms with Crippen LogP contribution in [0.2, 0.25) is 0 Å². The summed E-state index contributed by atoms with van der Waals surface area (Å²) in [5.41, 5.74) is 6.57. The first-order valence-corrected chi connectivity index (χ1v) is 8.82. The van der Waals surface area contributed by atoms with E-state index in [1.54, 1.807) is 12.2 Å². The van der Waals surface area contributed by atoms with Crippen molar-refractivity contribution in [2.75, 3.05) is 0 Å². The molecule has 0 aromatic heterocycles. The van der Waals surface area contributed by atoms with Crippen molar-refractivity contribution in [2.24, 2.45) is 29.4 Å². The number of Topliss-reactive ketones (excluding diaryl/α,β-unsaturated/α-hetero) is 2. The first-order chi connectivity index (χ1) is 12.3. The lowest BCUT2D eigenvalue weighted by Crippen LogP contribution is -2.46. The number of nitrogens with two attached hydrogens (primary N) is 1. The molecular formula is C20H23NO5. The van der Waals surface area contributed by atoms with Crippen LogP contribution in [0.3, 0.4) is 0 Å². The third-order valence-electron chi connectivity index (χ3n) is 5.67. The molecule has 0 radical (unpaired) electrons. The minimum atomic E-state index is -0.874. The topological polar surface area (TPSA) is 118 Å². The summed E-state index contributed by atoms with van der Waals surface area (Å²) in [7, 11) is 0. The van der Waals surface area contributed by atoms with Gasteiger partial charge in [-0.3, -0.25) is 14.4 Å². The average Bonchev–Trinajstić information content (AvgIpc) is 2.53. The molecule has 0 spiro atoms. The lowest BCUT2D eigenvalue weighted by Gasteiger charge is -2.42. The maximum Gasteiger partial charge on any atom is 0.228 e. The number of hydrogen-bond acceptors (Lipinski definition) is 5. The van der Waals surface area contributed by atoms with E-state index in [1.165, 1.54) is 6.08 Å². The number of hydrogen-bond donors (Lipinski definition) is 3. The molecule has 6 heteroatoms. The predicted molar refractivity (Wildman–Crippen MR) is 94.9 cm³/mol. The number of allylic oxidation sites excluding steroid dienone is 6. The van der Waals surface area contributed by atoms with Gasteiger partial charge in [0.15, 0.2) is 11.6 Å². The summed E-state index contributed by atoms with van der Waals surface area (Å²) >= 11 is 0. The van der Waals surface area contributed by atoms with Gasteiger partial charge in [-0.2, -0.15) is 0 Å². The van der Waals surface area contributed by atoms with Crippen molar-refractivity contribution in [1.29, 1.82) is 0 Å². The van der Waals surface area contributed by atoms with Crippen molar-refractivity contribution >= 4 is 17.5 Å². The van der Waals surface area contributed by atoms with E-state index in [4.69, 9.17) is 10.8 Å². The first kappa shape index (κ1) is 18.2. The fraction of sp³-hybridized carbons (Fsp3) is 0.450. The Labute approximate surface area is 151 Å². The van der Waals surface area contributed by atoms with Crippen LogP contribution in [0, 0.1) is 23.7 Å². The number of carbonyl (C=O) groups excluding carboxylic acids is 3. The number of ketones is 2. The van der Waals surface area contributed by atoms with E-state index in [0.29, 0.717) is 31.3 Å². The van der Waals surface area contributed by atoms with Crippen molar-refractivity contribution < 1.29 is 24.6 Å². The molecule has 2 saturated carbocycles. The molecule has 2 fully saturated rings. The first-order valence-electron chi connectivity index (χ1n) is 8.82. The zero-order valence-electron chi connectivity index (χ0n) is 14.5. The lowest BCUT2D eigenvalue weighted by molar-refractivity contribution is -0.139. The van der Waals surface area contributed by atoms with Gasteiger partial charge in [-0.05, 0) is 43.6 Å². The van der Waals surface area contributed by atoms with E-state index in [2.05, 4.69) is 6.58 Å². The molecule has 1 amide bonds. The van der Waals surface area contributed by atoms with E-state index in [9.17, 15) is 19.5 Å². The molecule has 4 unspecified atom stereocenters. The molecule has 26 heavy (non-hydrogen) atoms. The quantitative estimate of drug-likeness (QED) is 0.407. The highest BCUT2D eigenvalue weighted by atomic mass is 16.3. The van der Waals surface area contributed by atoms with Gasteiger partial charge in [-0.1, -0.05) is 24.3 Å². The number of aliphatic hydroxyl groups is 2. The second-order valence-corrected chi connectivity index (χ2v) is 7.38. The molecule has 6 nitrogen and oxygen atoms in total. The number of primary amides is 1. The molecule has 0 aromatic carbocycles. The maximum absolute atomic E-state index is 12.6. The van der Waals surface area contributed by atoms with Gasteiger partial charge in [0.05, 0.1) is 11.8 Å². The summed E-state index contributed by atoms with van der Waals surface area (Å²) in [6, 6.07) is 0. The number of carbonyl (C=O) groups is 3. The van der Waals surface area contributed by atoms with Gasteiger partial charge in [-0.15, -0.1) is 0 Å². The monoisotopic (exact) mass is 357 g/mol. The summed E-state index contributed by atoms with van der Waals surface area (Å²) < 4.78 is 0. The van der Waals surface area contributed by atoms with E-state index in [-0.39, 0.29) is 41.3 Å². The molecule has 0 aromatic rings. The van der Waals surface area contributed by atoms with Gasteiger partial charge >= 0.3 is 0 Å². The highest BCUT2D eigenvalue weighted by Gasteiger charge is 2.49. The second-order valence-electron chi connectivity index (χ2n) is 7.38. The molecule has 138 valence electrons. The zero-order valence-corrected chi connectivity index (χ0v) is 14.5. The number of rotatable bonds is 3. The normalized spacial score (nSPS) is 33.3. The molecule has 0 saturated heterocycles. The van der Waals surface area contributed by atoms with Crippen LogP contribution in [0.4, 0.5) is 0 Å². The summed E-state index contributed by atoms with van der Waals surface area (Å²) in [5, 5.41) is 19.8. The van der Waals surface area contributed by atoms with Crippen LogP contribution in [-0.4, -0.2) is 27.7 Å². The van der Waals surface area contributed by atoms with Crippen LogP contribution in [-0.2, 0) is 14.4 Å². The van der Waals surface area contributed by atoms with Crippen molar-refractivity contribution in [2.45, 2.75) is 32.1 Å². The van der Waals surface area contributed by atoms with Crippen LogP contribution in [0.25, 0.3) is 0 Å². The van der Waals surface area contributed by atoms with Gasteiger partial charge in [0.25, 0.3) is 0 Å². The largest absolute Gasteiger partial charge is 0.511 e. The van der Waals surface area contributed by atoms with Crippen LogP contribution in [0.15, 0.2) is 47.5 Å². The minimum Gasteiger partial charge on any atom is -0.511 e. The Hall–Kier alpha value is -2.63. The van der Waals surface area contributed by atoms with Crippen molar-refractivity contribution in [3.05, 3.63) is 47.5 Å². The van der Waals surface area contributed by atoms with E-state index < -0.39 is 17.7 Å². The zero-order chi connectivity index (χ0) is 19.0. The van der Waals surface area contributed by atoms with Crippen LogP contribution < -0.4 is 5.73 Å². The molecule has 0 aliphatic heterocycles.